The van der Waals surface area contributed by atoms with Crippen LogP contribution in [0.4, 0.5) is 0 Å². The Bertz CT molecular complexity index is 1270. The monoisotopic (exact) mass is 454 g/mol. The molecule has 0 spiro atoms. The number of ketones is 1. The molecule has 1 aliphatic heterocycles. The van der Waals surface area contributed by atoms with Crippen LogP contribution in [0.5, 0.6) is 0 Å². The molecule has 0 aromatic heterocycles. The van der Waals surface area contributed by atoms with E-state index >= 15 is 0 Å². The van der Waals surface area contributed by atoms with Gasteiger partial charge in [-0.3, -0.25) is 4.79 Å². The van der Waals surface area contributed by atoms with Crippen LogP contribution in [0.15, 0.2) is 114 Å². The highest BCUT2D eigenvalue weighted by Crippen LogP contribution is 2.51. The molecule has 0 N–H and O–H groups in total. The normalized spacial score (nSPS) is 17.7. The average Bonchev–Trinajstić information content (AvgIpc) is 3.27. The van der Waals surface area contributed by atoms with Gasteiger partial charge >= 0.3 is 0 Å². The number of rotatable bonds is 7. The van der Waals surface area contributed by atoms with Gasteiger partial charge in [0, 0.05) is 22.6 Å². The number of fused-ring (bicyclic) bond motifs is 1. The molecule has 4 aromatic rings. The van der Waals surface area contributed by atoms with E-state index in [1.807, 2.05) is 72.8 Å². The highest BCUT2D eigenvalue weighted by atomic mass is 32.2. The van der Waals surface area contributed by atoms with Crippen molar-refractivity contribution in [3.05, 3.63) is 131 Å². The Kier molecular flexibility index (Phi) is 6.06. The topological polar surface area (TPSA) is 26.3 Å². The Morgan fingerprint density at radius 1 is 0.781 bits per heavy atom. The van der Waals surface area contributed by atoms with Gasteiger partial charge in [0.1, 0.15) is 0 Å². The van der Waals surface area contributed by atoms with Crippen LogP contribution in [-0.2, 0) is 16.9 Å². The minimum atomic E-state index is -1.03. The quantitative estimate of drug-likeness (QED) is 0.271. The van der Waals surface area contributed by atoms with Gasteiger partial charge in [0.2, 0.25) is 5.78 Å². The predicted octanol–water partition coefficient (Wildman–Crippen LogP) is 7.46. The van der Waals surface area contributed by atoms with Crippen LogP contribution in [0.1, 0.15) is 21.5 Å². The molecule has 0 radical (unpaired) electrons. The molecule has 158 valence electrons. The summed E-state index contributed by atoms with van der Waals surface area (Å²) in [4.78, 5) is 14.9. The van der Waals surface area contributed by atoms with Crippen LogP contribution in [0.25, 0.3) is 10.8 Å². The van der Waals surface area contributed by atoms with Gasteiger partial charge in [-0.1, -0.05) is 121 Å². The first-order valence-electron chi connectivity index (χ1n) is 10.5. The summed E-state index contributed by atoms with van der Waals surface area (Å²) in [6.07, 6.45) is 2.53. The molecular weight excluding hydrogens is 432 g/mol. The zero-order valence-corrected chi connectivity index (χ0v) is 19.1. The van der Waals surface area contributed by atoms with Crippen molar-refractivity contribution in [3.8, 4) is 0 Å². The van der Waals surface area contributed by atoms with E-state index in [0.717, 1.165) is 22.1 Å². The number of hydrogen-bond donors (Lipinski definition) is 0. The molecule has 1 unspecified atom stereocenters. The molecule has 32 heavy (non-hydrogen) atoms. The number of ether oxygens (including phenoxy) is 1. The second-order valence-electron chi connectivity index (χ2n) is 7.69. The third-order valence-electron chi connectivity index (χ3n) is 5.39. The molecule has 1 aliphatic rings. The standard InChI is InChI=1S/C28H22O2S2/c29-27(25-16-15-23-13-7-8-14-24(23)18-25)28(31-20-22-11-5-2-6-12-22)30-19-26(32-28)17-21-9-3-1-4-10-21/h1-16,18-19H,17,20H2. The van der Waals surface area contributed by atoms with Crippen molar-refractivity contribution in [2.75, 3.05) is 0 Å². The number of carbonyl (C=O) groups excluding carboxylic acids is 1. The summed E-state index contributed by atoms with van der Waals surface area (Å²) < 4.78 is 5.16. The van der Waals surface area contributed by atoms with Gasteiger partial charge in [0.25, 0.3) is 4.27 Å². The first-order chi connectivity index (χ1) is 15.7. The van der Waals surface area contributed by atoms with E-state index in [1.165, 1.54) is 22.9 Å². The Morgan fingerprint density at radius 3 is 2.19 bits per heavy atom. The molecule has 0 fully saturated rings. The number of hydrogen-bond acceptors (Lipinski definition) is 4. The van der Waals surface area contributed by atoms with Gasteiger partial charge in [-0.15, -0.1) is 0 Å². The molecular formula is C28H22O2S2. The fourth-order valence-electron chi connectivity index (χ4n) is 3.73. The Balaban J connectivity index is 1.43. The molecule has 0 amide bonds. The maximum Gasteiger partial charge on any atom is 0.268 e. The van der Waals surface area contributed by atoms with Crippen molar-refractivity contribution in [3.63, 3.8) is 0 Å². The van der Waals surface area contributed by atoms with Crippen molar-refractivity contribution in [1.29, 1.82) is 0 Å². The van der Waals surface area contributed by atoms with Gasteiger partial charge in [0.05, 0.1) is 6.26 Å². The summed E-state index contributed by atoms with van der Waals surface area (Å²) in [6, 6.07) is 34.5. The van der Waals surface area contributed by atoms with Crippen LogP contribution >= 0.6 is 23.5 Å². The Labute approximate surface area is 196 Å². The number of Topliss-reactive ketones (excluding diaryl/α,β-unsaturated/α-hetero) is 1. The molecule has 0 aliphatic carbocycles. The van der Waals surface area contributed by atoms with E-state index in [9.17, 15) is 4.79 Å². The molecule has 2 nitrogen and oxygen atoms in total. The van der Waals surface area contributed by atoms with Crippen LogP contribution in [0.2, 0.25) is 0 Å². The number of thioether (sulfide) groups is 2. The first kappa shape index (κ1) is 20.9. The molecule has 0 bridgehead atoms. The zero-order chi connectivity index (χ0) is 21.8. The first-order valence-corrected chi connectivity index (χ1v) is 12.3. The molecule has 1 heterocycles. The predicted molar refractivity (Wildman–Crippen MR) is 136 cm³/mol. The van der Waals surface area contributed by atoms with E-state index in [0.29, 0.717) is 11.3 Å². The molecule has 4 aromatic carbocycles. The zero-order valence-electron chi connectivity index (χ0n) is 17.4. The fraction of sp³-hybridized carbons (Fsp3) is 0.107. The molecule has 4 heteroatoms. The summed E-state index contributed by atoms with van der Waals surface area (Å²) in [7, 11) is 0. The summed E-state index contributed by atoms with van der Waals surface area (Å²) in [5.74, 6) is 0.688. The van der Waals surface area contributed by atoms with Gasteiger partial charge in [-0.2, -0.15) is 0 Å². The maximum atomic E-state index is 13.8. The largest absolute Gasteiger partial charge is 0.466 e. The third-order valence-corrected chi connectivity index (χ3v) is 8.19. The average molecular weight is 455 g/mol. The van der Waals surface area contributed by atoms with Gasteiger partial charge in [-0.25, -0.2) is 0 Å². The lowest BCUT2D eigenvalue weighted by atomic mass is 10.0. The SMILES string of the molecule is O=C(c1ccc2ccccc2c1)C1(SCc2ccccc2)OC=C(Cc2ccccc2)S1. The van der Waals surface area contributed by atoms with Gasteiger partial charge in [0.15, 0.2) is 0 Å². The van der Waals surface area contributed by atoms with Crippen molar-refractivity contribution >= 4 is 40.1 Å². The molecule has 1 atom stereocenters. The Morgan fingerprint density at radius 2 is 1.44 bits per heavy atom. The van der Waals surface area contributed by atoms with Crippen LogP contribution < -0.4 is 0 Å². The van der Waals surface area contributed by atoms with Gasteiger partial charge < -0.3 is 4.74 Å². The van der Waals surface area contributed by atoms with Crippen molar-refractivity contribution in [2.45, 2.75) is 16.4 Å². The summed E-state index contributed by atoms with van der Waals surface area (Å²) in [5.41, 5.74) is 3.05. The van der Waals surface area contributed by atoms with E-state index in [-0.39, 0.29) is 5.78 Å². The van der Waals surface area contributed by atoms with Crippen molar-refractivity contribution in [2.24, 2.45) is 0 Å². The molecule has 5 rings (SSSR count). The number of carbonyl (C=O) groups is 1. The Hall–Kier alpha value is -2.95. The van der Waals surface area contributed by atoms with E-state index < -0.39 is 4.27 Å². The van der Waals surface area contributed by atoms with Crippen molar-refractivity contribution < 1.29 is 9.53 Å². The minimum Gasteiger partial charge on any atom is -0.466 e. The summed E-state index contributed by atoms with van der Waals surface area (Å²) in [5, 5.41) is 2.18. The second-order valence-corrected chi connectivity index (χ2v) is 10.4. The lowest BCUT2D eigenvalue weighted by Crippen LogP contribution is -2.31. The summed E-state index contributed by atoms with van der Waals surface area (Å²) >= 11 is 3.08. The van der Waals surface area contributed by atoms with Crippen molar-refractivity contribution in [1.82, 2.24) is 0 Å². The maximum absolute atomic E-state index is 13.8. The lowest BCUT2D eigenvalue weighted by molar-refractivity contribution is 0.0809. The second kappa shape index (κ2) is 9.27. The molecule has 0 saturated heterocycles. The third kappa shape index (κ3) is 4.47. The smallest absolute Gasteiger partial charge is 0.268 e. The lowest BCUT2D eigenvalue weighted by Gasteiger charge is -2.26. The number of allylic oxidation sites excluding steroid dienone is 1. The van der Waals surface area contributed by atoms with E-state index in [1.54, 1.807) is 18.0 Å². The minimum absolute atomic E-state index is 0.00602. The highest BCUT2D eigenvalue weighted by molar-refractivity contribution is 8.20. The van der Waals surface area contributed by atoms with Crippen LogP contribution in [0.3, 0.4) is 0 Å². The van der Waals surface area contributed by atoms with Crippen LogP contribution in [-0.4, -0.2) is 10.0 Å². The number of benzene rings is 4. The van der Waals surface area contributed by atoms with Gasteiger partial charge in [-0.05, 0) is 28.0 Å². The van der Waals surface area contributed by atoms with Crippen LogP contribution in [0, 0.1) is 0 Å². The molecule has 0 saturated carbocycles. The fourth-order valence-corrected chi connectivity index (χ4v) is 6.36. The van der Waals surface area contributed by atoms with E-state index in [2.05, 4.69) is 30.3 Å². The summed E-state index contributed by atoms with van der Waals surface area (Å²) in [6.45, 7) is 0. The highest BCUT2D eigenvalue weighted by Gasteiger charge is 2.46. The van der Waals surface area contributed by atoms with E-state index in [4.69, 9.17) is 4.74 Å².